The summed E-state index contributed by atoms with van der Waals surface area (Å²) in [6, 6.07) is 6.45. The summed E-state index contributed by atoms with van der Waals surface area (Å²) in [5.41, 5.74) is 0.763. The van der Waals surface area contributed by atoms with E-state index in [4.69, 9.17) is 16.7 Å². The molecule has 0 atom stereocenters. The number of nitrogens with one attached hydrogen (secondary N) is 1. The number of anilines is 2. The summed E-state index contributed by atoms with van der Waals surface area (Å²) in [5, 5.41) is 7.55. The van der Waals surface area contributed by atoms with E-state index in [1.165, 1.54) is 0 Å². The van der Waals surface area contributed by atoms with Gasteiger partial charge >= 0.3 is 0 Å². The number of benzene rings is 1. The Kier molecular flexibility index (Phi) is 4.17. The number of hydrogen-bond donors (Lipinski definition) is 2. The molecular formula is C11H10ClFN4O2S. The molecule has 0 aliphatic carbocycles. The lowest BCUT2D eigenvalue weighted by Crippen LogP contribution is -2.15. The second-order valence-electron chi connectivity index (χ2n) is 3.92. The third-order valence-corrected chi connectivity index (χ3v) is 3.24. The number of nitrogens with two attached hydrogens (primary N) is 1. The smallest absolute Gasteiger partial charge is 0.224 e. The van der Waals surface area contributed by atoms with Crippen LogP contribution in [0, 0.1) is 5.82 Å². The summed E-state index contributed by atoms with van der Waals surface area (Å²) >= 11 is 5.58. The number of halogens is 2. The van der Waals surface area contributed by atoms with Crippen molar-refractivity contribution in [3.8, 4) is 0 Å². The molecule has 1 aromatic carbocycles. The third-order valence-electron chi connectivity index (χ3n) is 2.34. The molecular weight excluding hydrogens is 307 g/mol. The van der Waals surface area contributed by atoms with Gasteiger partial charge in [-0.25, -0.2) is 22.9 Å². The molecule has 0 spiro atoms. The van der Waals surface area contributed by atoms with Crippen molar-refractivity contribution in [3.63, 3.8) is 0 Å². The highest BCUT2D eigenvalue weighted by Gasteiger charge is 2.12. The Bertz CT molecular complexity index is 739. The number of hydrogen-bond acceptors (Lipinski definition) is 5. The largest absolute Gasteiger partial charge is 0.337 e. The van der Waals surface area contributed by atoms with E-state index in [-0.39, 0.29) is 16.9 Å². The number of para-hydroxylation sites is 1. The van der Waals surface area contributed by atoms with E-state index in [2.05, 4.69) is 15.3 Å². The molecule has 2 rings (SSSR count). The van der Waals surface area contributed by atoms with Crippen LogP contribution in [0.3, 0.4) is 0 Å². The van der Waals surface area contributed by atoms with Gasteiger partial charge in [-0.3, -0.25) is 0 Å². The maximum absolute atomic E-state index is 13.5. The number of sulfonamides is 1. The summed E-state index contributed by atoms with van der Waals surface area (Å²) < 4.78 is 35.8. The molecule has 0 aliphatic rings. The fourth-order valence-corrected chi connectivity index (χ4v) is 2.36. The van der Waals surface area contributed by atoms with Crippen LogP contribution in [0.1, 0.15) is 5.56 Å². The van der Waals surface area contributed by atoms with Crippen molar-refractivity contribution in [2.24, 2.45) is 5.14 Å². The zero-order valence-corrected chi connectivity index (χ0v) is 11.6. The van der Waals surface area contributed by atoms with Gasteiger partial charge in [0.05, 0.1) is 11.9 Å². The first-order chi connectivity index (χ1) is 9.35. The van der Waals surface area contributed by atoms with Gasteiger partial charge in [0.2, 0.25) is 15.3 Å². The first-order valence-corrected chi connectivity index (χ1v) is 7.48. The molecule has 3 N–H and O–H groups in total. The van der Waals surface area contributed by atoms with Gasteiger partial charge in [-0.15, -0.1) is 0 Å². The highest BCUT2D eigenvalue weighted by atomic mass is 35.5. The van der Waals surface area contributed by atoms with Crippen molar-refractivity contribution < 1.29 is 12.8 Å². The van der Waals surface area contributed by atoms with Gasteiger partial charge in [-0.05, 0) is 23.2 Å². The SMILES string of the molecule is NS(=O)(=O)Cc1ccccc1Nc1nc(Cl)ncc1F. The fraction of sp³-hybridized carbons (Fsp3) is 0.0909. The Morgan fingerprint density at radius 2 is 2.05 bits per heavy atom. The minimum absolute atomic E-state index is 0.127. The minimum atomic E-state index is -3.70. The second-order valence-corrected chi connectivity index (χ2v) is 5.88. The van der Waals surface area contributed by atoms with Gasteiger partial charge in [0.25, 0.3) is 0 Å². The van der Waals surface area contributed by atoms with Crippen molar-refractivity contribution in [2.45, 2.75) is 5.75 Å². The van der Waals surface area contributed by atoms with Crippen LogP contribution in [-0.2, 0) is 15.8 Å². The lowest BCUT2D eigenvalue weighted by atomic mass is 10.2. The zero-order chi connectivity index (χ0) is 14.8. The summed E-state index contributed by atoms with van der Waals surface area (Å²) in [6.07, 6.45) is 0.917. The van der Waals surface area contributed by atoms with Crippen LogP contribution in [0.5, 0.6) is 0 Å². The van der Waals surface area contributed by atoms with Crippen LogP contribution < -0.4 is 10.5 Å². The lowest BCUT2D eigenvalue weighted by Gasteiger charge is -2.11. The molecule has 0 fully saturated rings. The van der Waals surface area contributed by atoms with E-state index >= 15 is 0 Å². The van der Waals surface area contributed by atoms with Crippen LogP contribution in [0.4, 0.5) is 15.9 Å². The molecule has 0 unspecified atom stereocenters. The van der Waals surface area contributed by atoms with Crippen LogP contribution in [0.15, 0.2) is 30.5 Å². The van der Waals surface area contributed by atoms with Crippen molar-refractivity contribution in [1.82, 2.24) is 9.97 Å². The maximum Gasteiger partial charge on any atom is 0.224 e. The molecule has 20 heavy (non-hydrogen) atoms. The van der Waals surface area contributed by atoms with Crippen LogP contribution in [0.25, 0.3) is 0 Å². The second kappa shape index (κ2) is 5.70. The molecule has 0 amide bonds. The molecule has 0 aliphatic heterocycles. The molecule has 106 valence electrons. The summed E-state index contributed by atoms with van der Waals surface area (Å²) in [5.74, 6) is -1.23. The first-order valence-electron chi connectivity index (χ1n) is 5.38. The van der Waals surface area contributed by atoms with Gasteiger partial charge in [0.15, 0.2) is 11.6 Å². The molecule has 1 aromatic heterocycles. The van der Waals surface area contributed by atoms with Crippen LogP contribution >= 0.6 is 11.6 Å². The normalized spacial score (nSPS) is 11.3. The molecule has 6 nitrogen and oxygen atoms in total. The molecule has 1 heterocycles. The van der Waals surface area contributed by atoms with Gasteiger partial charge in [-0.1, -0.05) is 18.2 Å². The quantitative estimate of drug-likeness (QED) is 0.838. The molecule has 2 aromatic rings. The number of nitrogens with zero attached hydrogens (tertiary/aromatic N) is 2. The Morgan fingerprint density at radius 3 is 2.75 bits per heavy atom. The molecule has 9 heteroatoms. The average Bonchev–Trinajstić information content (AvgIpc) is 2.34. The van der Waals surface area contributed by atoms with E-state index in [0.717, 1.165) is 6.20 Å². The Hall–Kier alpha value is -1.77. The molecule has 0 bridgehead atoms. The van der Waals surface area contributed by atoms with Gasteiger partial charge < -0.3 is 5.32 Å². The van der Waals surface area contributed by atoms with Gasteiger partial charge in [0.1, 0.15) is 0 Å². The highest BCUT2D eigenvalue weighted by Crippen LogP contribution is 2.23. The topological polar surface area (TPSA) is 98.0 Å². The third kappa shape index (κ3) is 3.86. The monoisotopic (exact) mass is 316 g/mol. The van der Waals surface area contributed by atoms with Crippen LogP contribution in [0.2, 0.25) is 5.28 Å². The van der Waals surface area contributed by atoms with Crippen LogP contribution in [-0.4, -0.2) is 18.4 Å². The molecule has 0 saturated carbocycles. The zero-order valence-electron chi connectivity index (χ0n) is 10.0. The predicted octanol–water partition coefficient (Wildman–Crippen LogP) is 1.80. The van der Waals surface area contributed by atoms with Crippen molar-refractivity contribution >= 4 is 33.1 Å². The predicted molar refractivity (Wildman–Crippen MR) is 73.5 cm³/mol. The van der Waals surface area contributed by atoms with E-state index in [1.807, 2.05) is 0 Å². The number of primary sulfonamides is 1. The van der Waals surface area contributed by atoms with Crippen molar-refractivity contribution in [2.75, 3.05) is 5.32 Å². The number of aromatic nitrogens is 2. The Morgan fingerprint density at radius 1 is 1.35 bits per heavy atom. The van der Waals surface area contributed by atoms with Crippen molar-refractivity contribution in [3.05, 3.63) is 47.1 Å². The van der Waals surface area contributed by atoms with E-state index in [1.54, 1.807) is 24.3 Å². The Labute approximate surface area is 119 Å². The summed E-state index contributed by atoms with van der Waals surface area (Å²) in [4.78, 5) is 7.18. The van der Waals surface area contributed by atoms with E-state index in [0.29, 0.717) is 11.3 Å². The van der Waals surface area contributed by atoms with Gasteiger partial charge in [-0.2, -0.15) is 4.98 Å². The van der Waals surface area contributed by atoms with Gasteiger partial charge in [0, 0.05) is 5.69 Å². The number of rotatable bonds is 4. The Balaban J connectivity index is 2.36. The van der Waals surface area contributed by atoms with E-state index < -0.39 is 15.8 Å². The first kappa shape index (κ1) is 14.6. The summed E-state index contributed by atoms with van der Waals surface area (Å²) in [7, 11) is -3.70. The average molecular weight is 317 g/mol. The van der Waals surface area contributed by atoms with E-state index in [9.17, 15) is 12.8 Å². The summed E-state index contributed by atoms with van der Waals surface area (Å²) in [6.45, 7) is 0. The lowest BCUT2D eigenvalue weighted by molar-refractivity contribution is 0.597. The standard InChI is InChI=1S/C11H10ClFN4O2S/c12-11-15-5-8(13)10(17-11)16-9-4-2-1-3-7(9)6-20(14,18)19/h1-5H,6H2,(H2,14,18,19)(H,15,16,17). The molecule has 0 saturated heterocycles. The molecule has 0 radical (unpaired) electrons. The fourth-order valence-electron chi connectivity index (χ4n) is 1.55. The highest BCUT2D eigenvalue weighted by molar-refractivity contribution is 7.88. The maximum atomic E-state index is 13.5. The minimum Gasteiger partial charge on any atom is -0.337 e. The van der Waals surface area contributed by atoms with Crippen molar-refractivity contribution in [1.29, 1.82) is 0 Å².